The number of nitrogens with one attached hydrogen (secondary N) is 2. The Morgan fingerprint density at radius 2 is 1.97 bits per heavy atom. The summed E-state index contributed by atoms with van der Waals surface area (Å²) >= 11 is 0. The minimum Gasteiger partial charge on any atom is -0.326 e. The van der Waals surface area contributed by atoms with Gasteiger partial charge in [-0.25, -0.2) is 0 Å². The molecule has 31 heavy (non-hydrogen) atoms. The first-order valence-corrected chi connectivity index (χ1v) is 11.5. The Bertz CT molecular complexity index is 1040. The predicted octanol–water partition coefficient (Wildman–Crippen LogP) is 4.31. The van der Waals surface area contributed by atoms with Crippen LogP contribution in [0.3, 0.4) is 0 Å². The lowest BCUT2D eigenvalue weighted by molar-refractivity contribution is 0.0769. The second kappa shape index (κ2) is 8.06. The monoisotopic (exact) mass is 423 g/mol. The highest BCUT2D eigenvalue weighted by molar-refractivity contribution is 5.66. The van der Waals surface area contributed by atoms with Crippen LogP contribution in [0.25, 0.3) is 5.57 Å². The Hall–Kier alpha value is -2.18. The smallest absolute Gasteiger partial charge is 0.252 e. The average Bonchev–Trinajstić information content (AvgIpc) is 3.12. The van der Waals surface area contributed by atoms with Gasteiger partial charge in [0, 0.05) is 41.6 Å². The molecule has 1 unspecified atom stereocenters. The molecule has 0 aliphatic carbocycles. The molecule has 168 valence electrons. The Morgan fingerprint density at radius 3 is 2.68 bits per heavy atom. The molecular weight excluding hydrogens is 386 g/mol. The van der Waals surface area contributed by atoms with Crippen molar-refractivity contribution in [3.05, 3.63) is 57.3 Å². The molecule has 1 atom stereocenters. The predicted molar refractivity (Wildman–Crippen MR) is 126 cm³/mol. The van der Waals surface area contributed by atoms with Crippen LogP contribution in [0.15, 0.2) is 29.2 Å². The number of hydrogen-bond acceptors (Lipinski definition) is 4. The Morgan fingerprint density at radius 1 is 1.19 bits per heavy atom. The minimum atomic E-state index is -0.0538. The van der Waals surface area contributed by atoms with Crippen molar-refractivity contribution in [3.63, 3.8) is 0 Å². The van der Waals surface area contributed by atoms with E-state index in [1.807, 2.05) is 13.8 Å². The van der Waals surface area contributed by atoms with Crippen molar-refractivity contribution in [2.75, 3.05) is 6.54 Å². The van der Waals surface area contributed by atoms with Gasteiger partial charge < -0.3 is 10.3 Å². The summed E-state index contributed by atoms with van der Waals surface area (Å²) < 4.78 is 2.12. The fourth-order valence-electron chi connectivity index (χ4n) is 5.49. The van der Waals surface area contributed by atoms with E-state index in [1.165, 1.54) is 12.0 Å². The molecule has 2 aromatic rings. The maximum Gasteiger partial charge on any atom is 0.252 e. The molecule has 0 amide bonds. The van der Waals surface area contributed by atoms with Gasteiger partial charge in [0.15, 0.2) is 0 Å². The van der Waals surface area contributed by atoms with E-state index in [9.17, 15) is 4.79 Å². The maximum absolute atomic E-state index is 12.6. The highest BCUT2D eigenvalue weighted by atomic mass is 16.1. The van der Waals surface area contributed by atoms with Gasteiger partial charge in [-0.3, -0.25) is 14.4 Å². The number of rotatable bonds is 4. The molecule has 4 rings (SSSR count). The highest BCUT2D eigenvalue weighted by Gasteiger charge is 2.33. The largest absolute Gasteiger partial charge is 0.326 e. The summed E-state index contributed by atoms with van der Waals surface area (Å²) in [5, 5.41) is 8.73. The molecule has 0 spiro atoms. The molecule has 2 aliphatic heterocycles. The standard InChI is InChI=1S/C25H37N5O/c1-17-13-18(2)26-23(31)20(17)16-29-11-8-7-9-22(29)30-12-10-21(27-30)19-14-24(3,4)28-25(5,6)15-19/h10,12-14,22,28H,7-9,11,15-16H2,1-6H3,(H,26,31). The number of hydrogen-bond donors (Lipinski definition) is 2. The number of aromatic amines is 1. The third-order valence-electron chi connectivity index (χ3n) is 6.50. The lowest BCUT2D eigenvalue weighted by Gasteiger charge is -2.41. The van der Waals surface area contributed by atoms with E-state index in [1.54, 1.807) is 0 Å². The van der Waals surface area contributed by atoms with Gasteiger partial charge in [0.25, 0.3) is 5.56 Å². The summed E-state index contributed by atoms with van der Waals surface area (Å²) in [4.78, 5) is 18.0. The Labute approximate surface area is 185 Å². The molecule has 2 N–H and O–H groups in total. The van der Waals surface area contributed by atoms with E-state index in [-0.39, 0.29) is 22.8 Å². The van der Waals surface area contributed by atoms with E-state index in [0.717, 1.165) is 48.3 Å². The van der Waals surface area contributed by atoms with Gasteiger partial charge in [-0.15, -0.1) is 0 Å². The van der Waals surface area contributed by atoms with E-state index in [0.29, 0.717) is 6.54 Å². The van der Waals surface area contributed by atoms with Crippen molar-refractivity contribution < 1.29 is 0 Å². The van der Waals surface area contributed by atoms with Crippen LogP contribution in [0.5, 0.6) is 0 Å². The molecule has 1 saturated heterocycles. The molecule has 4 heterocycles. The van der Waals surface area contributed by atoms with Crippen LogP contribution in [0.2, 0.25) is 0 Å². The van der Waals surface area contributed by atoms with Gasteiger partial charge in [0.1, 0.15) is 6.17 Å². The van der Waals surface area contributed by atoms with Crippen LogP contribution in [0, 0.1) is 13.8 Å². The van der Waals surface area contributed by atoms with E-state index in [4.69, 9.17) is 5.10 Å². The SMILES string of the molecule is Cc1cc(C)c(CN2CCCCC2n2ccc(C3=CC(C)(C)NC(C)(C)C3)n2)c(=O)[nH]1. The van der Waals surface area contributed by atoms with E-state index in [2.05, 4.69) is 72.0 Å². The first kappa shape index (κ1) is 22.0. The van der Waals surface area contributed by atoms with Crippen LogP contribution in [-0.4, -0.2) is 37.3 Å². The summed E-state index contributed by atoms with van der Waals surface area (Å²) in [7, 11) is 0. The van der Waals surface area contributed by atoms with Crippen LogP contribution in [-0.2, 0) is 6.54 Å². The van der Waals surface area contributed by atoms with Gasteiger partial charge in [-0.05, 0) is 90.5 Å². The molecule has 0 aromatic carbocycles. The molecule has 6 heteroatoms. The zero-order valence-corrected chi connectivity index (χ0v) is 19.9. The summed E-state index contributed by atoms with van der Waals surface area (Å²) in [6, 6.07) is 4.22. The Kier molecular flexibility index (Phi) is 5.73. The van der Waals surface area contributed by atoms with Crippen LogP contribution in [0.1, 0.15) is 82.1 Å². The number of nitrogens with zero attached hydrogens (tertiary/aromatic N) is 3. The van der Waals surface area contributed by atoms with Gasteiger partial charge in [0.05, 0.1) is 5.69 Å². The molecule has 2 aromatic heterocycles. The molecule has 0 radical (unpaired) electrons. The quantitative estimate of drug-likeness (QED) is 0.769. The fourth-order valence-corrected chi connectivity index (χ4v) is 5.49. The third kappa shape index (κ3) is 4.85. The third-order valence-corrected chi connectivity index (χ3v) is 6.50. The maximum atomic E-state index is 12.6. The van der Waals surface area contributed by atoms with Crippen molar-refractivity contribution in [2.45, 2.75) is 91.0 Å². The van der Waals surface area contributed by atoms with Crippen molar-refractivity contribution in [3.8, 4) is 0 Å². The van der Waals surface area contributed by atoms with Gasteiger partial charge >= 0.3 is 0 Å². The topological polar surface area (TPSA) is 66.0 Å². The zero-order valence-electron chi connectivity index (χ0n) is 19.9. The molecule has 1 fully saturated rings. The number of aromatic nitrogens is 3. The van der Waals surface area contributed by atoms with Gasteiger partial charge in [-0.1, -0.05) is 6.08 Å². The van der Waals surface area contributed by atoms with Crippen LogP contribution >= 0.6 is 0 Å². The van der Waals surface area contributed by atoms with Crippen LogP contribution in [0.4, 0.5) is 0 Å². The first-order chi connectivity index (χ1) is 14.5. The Balaban J connectivity index is 1.60. The highest BCUT2D eigenvalue weighted by Crippen LogP contribution is 2.34. The molecule has 0 bridgehead atoms. The number of likely N-dealkylation sites (tertiary alicyclic amines) is 1. The van der Waals surface area contributed by atoms with Crippen molar-refractivity contribution in [1.82, 2.24) is 25.0 Å². The van der Waals surface area contributed by atoms with E-state index >= 15 is 0 Å². The summed E-state index contributed by atoms with van der Waals surface area (Å²) in [5.41, 5.74) is 5.25. The minimum absolute atomic E-state index is 0.0345. The van der Waals surface area contributed by atoms with E-state index < -0.39 is 0 Å². The molecular formula is C25H37N5O. The summed E-state index contributed by atoms with van der Waals surface area (Å²) in [6.45, 7) is 14.6. The lowest BCUT2D eigenvalue weighted by Crippen LogP contribution is -2.53. The van der Waals surface area contributed by atoms with Gasteiger partial charge in [0.2, 0.25) is 0 Å². The lowest BCUT2D eigenvalue weighted by atomic mass is 9.82. The number of H-pyrrole nitrogens is 1. The van der Waals surface area contributed by atoms with Crippen molar-refractivity contribution in [1.29, 1.82) is 0 Å². The van der Waals surface area contributed by atoms with Gasteiger partial charge in [-0.2, -0.15) is 5.10 Å². The summed E-state index contributed by atoms with van der Waals surface area (Å²) in [5.74, 6) is 0. The summed E-state index contributed by atoms with van der Waals surface area (Å²) in [6.07, 6.45) is 8.98. The fraction of sp³-hybridized carbons (Fsp3) is 0.600. The zero-order chi connectivity index (χ0) is 22.4. The van der Waals surface area contributed by atoms with Crippen LogP contribution < -0.4 is 10.9 Å². The number of piperidine rings is 1. The second-order valence-electron chi connectivity index (χ2n) is 10.6. The number of pyridine rings is 1. The average molecular weight is 424 g/mol. The second-order valence-corrected chi connectivity index (χ2v) is 10.6. The molecule has 0 saturated carbocycles. The molecule has 2 aliphatic rings. The number of aryl methyl sites for hydroxylation is 2. The first-order valence-electron chi connectivity index (χ1n) is 11.5. The molecule has 6 nitrogen and oxygen atoms in total. The van der Waals surface area contributed by atoms with Crippen molar-refractivity contribution in [2.24, 2.45) is 0 Å². The normalized spacial score (nSPS) is 23.5. The van der Waals surface area contributed by atoms with Crippen molar-refractivity contribution >= 4 is 5.57 Å².